The molecular formula is C17H22F2N4O2. The molecule has 1 aromatic heterocycles. The van der Waals surface area contributed by atoms with Gasteiger partial charge in [0.05, 0.1) is 12.6 Å². The molecule has 2 aliphatic rings. The standard InChI is InChI=1S/C17H22F2N4O2/c18-17(19)9-14(22-11-17)16(25)23-7-4-12(5-8-23)10-21-15(24)13-3-1-2-6-20-13/h1-3,6,12,14,22H,4-5,7-11H2,(H,21,24). The van der Waals surface area contributed by atoms with Crippen LogP contribution in [0.5, 0.6) is 0 Å². The monoisotopic (exact) mass is 352 g/mol. The first kappa shape index (κ1) is 17.7. The van der Waals surface area contributed by atoms with E-state index in [0.29, 0.717) is 25.3 Å². The third-order valence-electron chi connectivity index (χ3n) is 4.78. The van der Waals surface area contributed by atoms with E-state index in [-0.39, 0.29) is 17.7 Å². The minimum Gasteiger partial charge on any atom is -0.350 e. The molecule has 0 spiro atoms. The van der Waals surface area contributed by atoms with Crippen molar-refractivity contribution in [1.29, 1.82) is 0 Å². The largest absolute Gasteiger partial charge is 0.350 e. The van der Waals surface area contributed by atoms with Gasteiger partial charge in [-0.25, -0.2) is 8.78 Å². The van der Waals surface area contributed by atoms with Gasteiger partial charge in [-0.05, 0) is 30.9 Å². The van der Waals surface area contributed by atoms with Gasteiger partial charge in [-0.15, -0.1) is 0 Å². The molecule has 2 amide bonds. The van der Waals surface area contributed by atoms with Gasteiger partial charge in [0.15, 0.2) is 0 Å². The number of halogens is 2. The Labute approximate surface area is 145 Å². The zero-order valence-electron chi connectivity index (χ0n) is 13.9. The molecule has 2 saturated heterocycles. The smallest absolute Gasteiger partial charge is 0.269 e. The number of rotatable bonds is 4. The first-order valence-corrected chi connectivity index (χ1v) is 8.54. The minimum absolute atomic E-state index is 0.212. The van der Waals surface area contributed by atoms with Crippen LogP contribution in [0.2, 0.25) is 0 Å². The van der Waals surface area contributed by atoms with Crippen LogP contribution in [0.3, 0.4) is 0 Å². The van der Waals surface area contributed by atoms with Crippen molar-refractivity contribution in [2.75, 3.05) is 26.2 Å². The summed E-state index contributed by atoms with van der Waals surface area (Å²) in [6.07, 6.45) is 2.64. The van der Waals surface area contributed by atoms with Crippen molar-refractivity contribution in [2.45, 2.75) is 31.2 Å². The molecule has 6 nitrogen and oxygen atoms in total. The highest BCUT2D eigenvalue weighted by molar-refractivity contribution is 5.92. The number of carbonyl (C=O) groups excluding carboxylic acids is 2. The fraction of sp³-hybridized carbons (Fsp3) is 0.588. The van der Waals surface area contributed by atoms with Gasteiger partial charge in [0, 0.05) is 32.3 Å². The third-order valence-corrected chi connectivity index (χ3v) is 4.78. The van der Waals surface area contributed by atoms with Crippen LogP contribution in [0.4, 0.5) is 8.78 Å². The first-order valence-electron chi connectivity index (χ1n) is 8.54. The van der Waals surface area contributed by atoms with Crippen molar-refractivity contribution in [3.63, 3.8) is 0 Å². The Morgan fingerprint density at radius 3 is 2.68 bits per heavy atom. The number of hydrogen-bond acceptors (Lipinski definition) is 4. The van der Waals surface area contributed by atoms with Gasteiger partial charge in [0.1, 0.15) is 5.69 Å². The van der Waals surface area contributed by atoms with E-state index in [4.69, 9.17) is 0 Å². The lowest BCUT2D eigenvalue weighted by Gasteiger charge is -2.33. The second-order valence-electron chi connectivity index (χ2n) is 6.69. The average molecular weight is 352 g/mol. The summed E-state index contributed by atoms with van der Waals surface area (Å²) in [7, 11) is 0. The number of nitrogens with zero attached hydrogens (tertiary/aromatic N) is 2. The van der Waals surface area contributed by atoms with Gasteiger partial charge in [0.25, 0.3) is 11.8 Å². The van der Waals surface area contributed by atoms with Gasteiger partial charge in [-0.2, -0.15) is 0 Å². The predicted molar refractivity (Wildman–Crippen MR) is 87.2 cm³/mol. The summed E-state index contributed by atoms with van der Waals surface area (Å²) in [5.74, 6) is -2.98. The van der Waals surface area contributed by atoms with Crippen molar-refractivity contribution in [3.8, 4) is 0 Å². The van der Waals surface area contributed by atoms with Crippen LogP contribution in [-0.2, 0) is 4.79 Å². The third kappa shape index (κ3) is 4.50. The van der Waals surface area contributed by atoms with E-state index in [9.17, 15) is 18.4 Å². The summed E-state index contributed by atoms with van der Waals surface area (Å²) in [4.78, 5) is 29.9. The zero-order valence-corrected chi connectivity index (χ0v) is 13.9. The topological polar surface area (TPSA) is 74.3 Å². The van der Waals surface area contributed by atoms with Gasteiger partial charge < -0.3 is 10.2 Å². The summed E-state index contributed by atoms with van der Waals surface area (Å²) in [6, 6.07) is 4.38. The second-order valence-corrected chi connectivity index (χ2v) is 6.69. The van der Waals surface area contributed by atoms with Gasteiger partial charge in [-0.3, -0.25) is 19.9 Å². The van der Waals surface area contributed by atoms with E-state index >= 15 is 0 Å². The fourth-order valence-corrected chi connectivity index (χ4v) is 3.29. The normalized spacial score (nSPS) is 23.4. The SMILES string of the molecule is O=C(NCC1CCN(C(=O)C2CC(F)(F)CN2)CC1)c1ccccn1. The van der Waals surface area contributed by atoms with Crippen molar-refractivity contribution >= 4 is 11.8 Å². The highest BCUT2D eigenvalue weighted by Gasteiger charge is 2.43. The summed E-state index contributed by atoms with van der Waals surface area (Å²) < 4.78 is 26.4. The number of alkyl halides is 2. The molecule has 1 aromatic rings. The molecule has 0 aliphatic carbocycles. The number of aromatic nitrogens is 1. The maximum atomic E-state index is 13.2. The van der Waals surface area contributed by atoms with Crippen LogP contribution in [0.1, 0.15) is 29.8 Å². The predicted octanol–water partition coefficient (Wildman–Crippen LogP) is 1.05. The van der Waals surface area contributed by atoms with Crippen molar-refractivity contribution < 1.29 is 18.4 Å². The lowest BCUT2D eigenvalue weighted by Crippen LogP contribution is -2.48. The molecule has 0 bridgehead atoms. The molecule has 2 fully saturated rings. The molecule has 2 N–H and O–H groups in total. The lowest BCUT2D eigenvalue weighted by atomic mass is 9.96. The highest BCUT2D eigenvalue weighted by atomic mass is 19.3. The first-order chi connectivity index (χ1) is 11.9. The van der Waals surface area contributed by atoms with Crippen molar-refractivity contribution in [1.82, 2.24) is 20.5 Å². The number of piperidine rings is 1. The van der Waals surface area contributed by atoms with Crippen molar-refractivity contribution in [2.24, 2.45) is 5.92 Å². The maximum Gasteiger partial charge on any atom is 0.269 e. The second kappa shape index (κ2) is 7.43. The Morgan fingerprint density at radius 1 is 1.32 bits per heavy atom. The Hall–Kier alpha value is -2.09. The number of likely N-dealkylation sites (tertiary alicyclic amines) is 1. The Bertz CT molecular complexity index is 618. The molecule has 0 aromatic carbocycles. The van der Waals surface area contributed by atoms with E-state index in [1.165, 1.54) is 0 Å². The van der Waals surface area contributed by atoms with E-state index in [0.717, 1.165) is 12.8 Å². The summed E-state index contributed by atoms with van der Waals surface area (Å²) in [5, 5.41) is 5.47. The molecule has 1 atom stereocenters. The number of carbonyl (C=O) groups is 2. The molecule has 0 radical (unpaired) electrons. The summed E-state index contributed by atoms with van der Waals surface area (Å²) in [5.41, 5.74) is 0.378. The molecule has 3 heterocycles. The molecule has 8 heteroatoms. The molecule has 25 heavy (non-hydrogen) atoms. The van der Waals surface area contributed by atoms with Crippen molar-refractivity contribution in [3.05, 3.63) is 30.1 Å². The van der Waals surface area contributed by atoms with Crippen LogP contribution >= 0.6 is 0 Å². The lowest BCUT2D eigenvalue weighted by molar-refractivity contribution is -0.135. The molecule has 136 valence electrons. The van der Waals surface area contributed by atoms with Crippen LogP contribution in [0, 0.1) is 5.92 Å². The van der Waals surface area contributed by atoms with E-state index < -0.39 is 24.9 Å². The molecule has 0 saturated carbocycles. The highest BCUT2D eigenvalue weighted by Crippen LogP contribution is 2.27. The molecule has 1 unspecified atom stereocenters. The zero-order chi connectivity index (χ0) is 17.9. The number of amides is 2. The number of hydrogen-bond donors (Lipinski definition) is 2. The Morgan fingerprint density at radius 2 is 2.08 bits per heavy atom. The van der Waals surface area contributed by atoms with Crippen LogP contribution in [0.15, 0.2) is 24.4 Å². The number of pyridine rings is 1. The molecule has 3 rings (SSSR count). The molecule has 2 aliphatic heterocycles. The Kier molecular flexibility index (Phi) is 5.27. The van der Waals surface area contributed by atoms with E-state index in [1.54, 1.807) is 29.3 Å². The molecular weight excluding hydrogens is 330 g/mol. The van der Waals surface area contributed by atoms with E-state index in [1.807, 2.05) is 0 Å². The van der Waals surface area contributed by atoms with Gasteiger partial charge >= 0.3 is 0 Å². The quantitative estimate of drug-likeness (QED) is 0.849. The average Bonchev–Trinajstić information content (AvgIpc) is 3.00. The van der Waals surface area contributed by atoms with Crippen LogP contribution in [0.25, 0.3) is 0 Å². The van der Waals surface area contributed by atoms with Crippen LogP contribution < -0.4 is 10.6 Å². The van der Waals surface area contributed by atoms with Crippen LogP contribution in [-0.4, -0.2) is 59.8 Å². The summed E-state index contributed by atoms with van der Waals surface area (Å²) >= 11 is 0. The van der Waals surface area contributed by atoms with Gasteiger partial charge in [0.2, 0.25) is 5.91 Å². The fourth-order valence-electron chi connectivity index (χ4n) is 3.29. The maximum absolute atomic E-state index is 13.2. The Balaban J connectivity index is 1.41. The number of nitrogens with one attached hydrogen (secondary N) is 2. The van der Waals surface area contributed by atoms with Gasteiger partial charge in [-0.1, -0.05) is 6.07 Å². The summed E-state index contributed by atoms with van der Waals surface area (Å²) in [6.45, 7) is 1.16. The minimum atomic E-state index is -2.80. The van der Waals surface area contributed by atoms with E-state index in [2.05, 4.69) is 15.6 Å².